The van der Waals surface area contributed by atoms with Gasteiger partial charge < -0.3 is 15.3 Å². The molecule has 1 aliphatic carbocycles. The number of aliphatic hydroxyl groups excluding tert-OH is 1. The molecule has 1 saturated heterocycles. The molecule has 0 aromatic rings. The van der Waals surface area contributed by atoms with E-state index in [1.165, 1.54) is 0 Å². The van der Waals surface area contributed by atoms with E-state index in [0.717, 1.165) is 51.6 Å². The number of nitrogens with zero attached hydrogens (tertiary/aromatic N) is 1. The lowest BCUT2D eigenvalue weighted by molar-refractivity contribution is -0.122. The van der Waals surface area contributed by atoms with E-state index in [1.54, 1.807) is 0 Å². The lowest BCUT2D eigenvalue weighted by Crippen LogP contribution is -2.38. The summed E-state index contributed by atoms with van der Waals surface area (Å²) in [6.07, 6.45) is 7.25. The van der Waals surface area contributed by atoms with Gasteiger partial charge in [0.25, 0.3) is 0 Å². The number of hydrogen-bond donors (Lipinski definition) is 2. The molecule has 0 bridgehead atoms. The molecule has 4 heteroatoms. The van der Waals surface area contributed by atoms with E-state index < -0.39 is 0 Å². The van der Waals surface area contributed by atoms with Crippen LogP contribution >= 0.6 is 0 Å². The highest BCUT2D eigenvalue weighted by Crippen LogP contribution is 2.27. The van der Waals surface area contributed by atoms with E-state index in [1.807, 2.05) is 0 Å². The van der Waals surface area contributed by atoms with Crippen molar-refractivity contribution >= 4 is 5.91 Å². The van der Waals surface area contributed by atoms with Crippen LogP contribution in [0.2, 0.25) is 0 Å². The summed E-state index contributed by atoms with van der Waals surface area (Å²) in [6, 6.07) is 0.376. The summed E-state index contributed by atoms with van der Waals surface area (Å²) in [4.78, 5) is 14.3. The average molecular weight is 268 g/mol. The van der Waals surface area contributed by atoms with E-state index in [2.05, 4.69) is 17.3 Å². The number of likely N-dealkylation sites (tertiary alicyclic amines) is 1. The van der Waals surface area contributed by atoms with Crippen LogP contribution in [0.15, 0.2) is 0 Å². The third kappa shape index (κ3) is 4.77. The first-order valence-electron chi connectivity index (χ1n) is 7.76. The van der Waals surface area contributed by atoms with Crippen LogP contribution in [0.4, 0.5) is 0 Å². The number of carbonyl (C=O) groups is 1. The minimum absolute atomic E-state index is 0.242. The molecular weight excluding hydrogens is 240 g/mol. The maximum absolute atomic E-state index is 12.0. The Balaban J connectivity index is 1.63. The molecule has 2 fully saturated rings. The molecule has 2 aliphatic rings. The summed E-state index contributed by atoms with van der Waals surface area (Å²) in [5.74, 6) is 1.46. The Hall–Kier alpha value is -0.610. The molecule has 1 saturated carbocycles. The van der Waals surface area contributed by atoms with Gasteiger partial charge in [0.2, 0.25) is 5.91 Å². The molecular formula is C15H28N2O2. The number of hydrogen-bond acceptors (Lipinski definition) is 3. The lowest BCUT2D eigenvalue weighted by atomic mass is 9.84. The topological polar surface area (TPSA) is 52.6 Å². The van der Waals surface area contributed by atoms with Gasteiger partial charge in [-0.15, -0.1) is 0 Å². The predicted molar refractivity (Wildman–Crippen MR) is 75.8 cm³/mol. The van der Waals surface area contributed by atoms with Crippen LogP contribution in [0.1, 0.15) is 44.9 Å². The third-order valence-electron chi connectivity index (χ3n) is 4.71. The van der Waals surface area contributed by atoms with E-state index in [0.29, 0.717) is 30.9 Å². The maximum Gasteiger partial charge on any atom is 0.220 e. The standard InChI is InChI=1S/C15H28N2O2/c1-17-8-6-13(11-17)10-15(19)16-14-4-2-12(3-5-14)7-9-18/h12-14,18H,2-11H2,1H3,(H,16,19). The minimum Gasteiger partial charge on any atom is -0.396 e. The summed E-state index contributed by atoms with van der Waals surface area (Å²) < 4.78 is 0. The largest absolute Gasteiger partial charge is 0.396 e. The second-order valence-electron chi connectivity index (χ2n) is 6.42. The molecule has 1 aliphatic heterocycles. The van der Waals surface area contributed by atoms with Crippen molar-refractivity contribution in [2.75, 3.05) is 26.7 Å². The molecule has 0 radical (unpaired) electrons. The zero-order chi connectivity index (χ0) is 13.7. The molecule has 1 amide bonds. The van der Waals surface area contributed by atoms with Crippen LogP contribution in [0.5, 0.6) is 0 Å². The second kappa shape index (κ2) is 7.25. The fourth-order valence-corrected chi connectivity index (χ4v) is 3.52. The summed E-state index contributed by atoms with van der Waals surface area (Å²) in [5.41, 5.74) is 0. The number of rotatable bonds is 5. The Morgan fingerprint density at radius 1 is 1.21 bits per heavy atom. The van der Waals surface area contributed by atoms with Gasteiger partial charge in [-0.3, -0.25) is 4.79 Å². The third-order valence-corrected chi connectivity index (χ3v) is 4.71. The van der Waals surface area contributed by atoms with Crippen LogP contribution in [0, 0.1) is 11.8 Å². The van der Waals surface area contributed by atoms with Gasteiger partial charge in [-0.2, -0.15) is 0 Å². The van der Waals surface area contributed by atoms with Gasteiger partial charge in [-0.25, -0.2) is 0 Å². The molecule has 0 aromatic carbocycles. The smallest absolute Gasteiger partial charge is 0.220 e. The quantitative estimate of drug-likeness (QED) is 0.792. The van der Waals surface area contributed by atoms with Crippen LogP contribution in [0.25, 0.3) is 0 Å². The molecule has 19 heavy (non-hydrogen) atoms. The van der Waals surface area contributed by atoms with Gasteiger partial charge in [0.15, 0.2) is 0 Å². The summed E-state index contributed by atoms with van der Waals surface area (Å²) in [5, 5.41) is 12.1. The highest BCUT2D eigenvalue weighted by Gasteiger charge is 2.25. The Bertz CT molecular complexity index is 288. The van der Waals surface area contributed by atoms with Crippen molar-refractivity contribution in [1.82, 2.24) is 10.2 Å². The molecule has 0 aromatic heterocycles. The second-order valence-corrected chi connectivity index (χ2v) is 6.42. The Labute approximate surface area is 116 Å². The Morgan fingerprint density at radius 3 is 2.53 bits per heavy atom. The summed E-state index contributed by atoms with van der Waals surface area (Å²) in [6.45, 7) is 2.50. The van der Waals surface area contributed by atoms with Gasteiger partial charge in [0, 0.05) is 25.6 Å². The van der Waals surface area contributed by atoms with Gasteiger partial charge in [0.1, 0.15) is 0 Å². The van der Waals surface area contributed by atoms with Gasteiger partial charge >= 0.3 is 0 Å². The van der Waals surface area contributed by atoms with Crippen LogP contribution in [0.3, 0.4) is 0 Å². The summed E-state index contributed by atoms with van der Waals surface area (Å²) in [7, 11) is 2.13. The molecule has 1 unspecified atom stereocenters. The average Bonchev–Trinajstić information content (AvgIpc) is 2.77. The highest BCUT2D eigenvalue weighted by atomic mass is 16.3. The SMILES string of the molecule is CN1CCC(CC(=O)NC2CCC(CCO)CC2)C1. The molecule has 1 heterocycles. The van der Waals surface area contributed by atoms with Crippen molar-refractivity contribution in [2.45, 2.75) is 51.0 Å². The van der Waals surface area contributed by atoms with Crippen molar-refractivity contribution in [3.8, 4) is 0 Å². The lowest BCUT2D eigenvalue weighted by Gasteiger charge is -2.29. The molecule has 1 atom stereocenters. The van der Waals surface area contributed by atoms with Crippen molar-refractivity contribution < 1.29 is 9.90 Å². The van der Waals surface area contributed by atoms with E-state index in [9.17, 15) is 4.79 Å². The number of aliphatic hydroxyl groups is 1. The minimum atomic E-state index is 0.242. The zero-order valence-electron chi connectivity index (χ0n) is 12.1. The van der Waals surface area contributed by atoms with Crippen molar-refractivity contribution in [3.05, 3.63) is 0 Å². The monoisotopic (exact) mass is 268 g/mol. The fourth-order valence-electron chi connectivity index (χ4n) is 3.52. The van der Waals surface area contributed by atoms with Crippen LogP contribution in [-0.2, 0) is 4.79 Å². The molecule has 0 spiro atoms. The first-order valence-corrected chi connectivity index (χ1v) is 7.76. The van der Waals surface area contributed by atoms with Gasteiger partial charge in [0.05, 0.1) is 0 Å². The van der Waals surface area contributed by atoms with Gasteiger partial charge in [-0.1, -0.05) is 0 Å². The van der Waals surface area contributed by atoms with E-state index in [4.69, 9.17) is 5.11 Å². The van der Waals surface area contributed by atoms with Crippen molar-refractivity contribution in [3.63, 3.8) is 0 Å². The van der Waals surface area contributed by atoms with Crippen molar-refractivity contribution in [1.29, 1.82) is 0 Å². The number of nitrogens with one attached hydrogen (secondary N) is 1. The number of amides is 1. The van der Waals surface area contributed by atoms with Crippen molar-refractivity contribution in [2.24, 2.45) is 11.8 Å². The fraction of sp³-hybridized carbons (Fsp3) is 0.933. The number of carbonyl (C=O) groups excluding carboxylic acids is 1. The Kier molecular flexibility index (Phi) is 5.64. The highest BCUT2D eigenvalue weighted by molar-refractivity contribution is 5.76. The normalized spacial score (nSPS) is 32.4. The molecule has 2 N–H and O–H groups in total. The van der Waals surface area contributed by atoms with Crippen LogP contribution in [-0.4, -0.2) is 48.7 Å². The molecule has 110 valence electrons. The van der Waals surface area contributed by atoms with E-state index >= 15 is 0 Å². The first kappa shape index (κ1) is 14.8. The first-order chi connectivity index (χ1) is 9.17. The molecule has 4 nitrogen and oxygen atoms in total. The Morgan fingerprint density at radius 2 is 1.95 bits per heavy atom. The summed E-state index contributed by atoms with van der Waals surface area (Å²) >= 11 is 0. The maximum atomic E-state index is 12.0. The van der Waals surface area contributed by atoms with E-state index in [-0.39, 0.29) is 5.91 Å². The predicted octanol–water partition coefficient (Wildman–Crippen LogP) is 1.39. The molecule has 2 rings (SSSR count). The van der Waals surface area contributed by atoms with Gasteiger partial charge in [-0.05, 0) is 64.0 Å². The van der Waals surface area contributed by atoms with Crippen LogP contribution < -0.4 is 5.32 Å². The zero-order valence-corrected chi connectivity index (χ0v) is 12.1.